The van der Waals surface area contributed by atoms with Gasteiger partial charge in [0, 0.05) is 6.54 Å². The van der Waals surface area contributed by atoms with Crippen LogP contribution in [0.3, 0.4) is 0 Å². The van der Waals surface area contributed by atoms with Crippen molar-refractivity contribution in [1.82, 2.24) is 0 Å². The second-order valence-electron chi connectivity index (χ2n) is 4.50. The zero-order valence-electron chi connectivity index (χ0n) is 10.8. The second kappa shape index (κ2) is 7.71. The molecule has 0 spiro atoms. The van der Waals surface area contributed by atoms with Crippen LogP contribution in [0.1, 0.15) is 31.2 Å². The summed E-state index contributed by atoms with van der Waals surface area (Å²) in [5.74, 6) is -1.66. The highest BCUT2D eigenvalue weighted by Gasteiger charge is 2.25. The first-order valence-corrected chi connectivity index (χ1v) is 7.60. The quantitative estimate of drug-likeness (QED) is 0.564. The van der Waals surface area contributed by atoms with Gasteiger partial charge in [0.05, 0.1) is 26.0 Å². The van der Waals surface area contributed by atoms with Gasteiger partial charge in [0.15, 0.2) is 0 Å². The molecule has 1 aromatic carbocycles. The molecule has 0 aromatic heterocycles. The predicted octanol–water partition coefficient (Wildman–Crippen LogP) is 4.84. The topological polar surface area (TPSA) is 63.3 Å². The molecule has 2 unspecified atom stereocenters. The molecule has 3 nitrogen and oxygen atoms in total. The number of halogens is 4. The summed E-state index contributed by atoms with van der Waals surface area (Å²) in [5, 5.41) is 10.1. The van der Waals surface area contributed by atoms with E-state index in [0.717, 1.165) is 0 Å². The largest absolute Gasteiger partial charge is 0.481 e. The second-order valence-corrected chi connectivity index (χ2v) is 6.04. The Morgan fingerprint density at radius 1 is 1.25 bits per heavy atom. The molecule has 0 aliphatic heterocycles. The molecule has 1 aromatic rings. The van der Waals surface area contributed by atoms with Crippen molar-refractivity contribution >= 4 is 52.4 Å². The molecule has 3 N–H and O–H groups in total. The van der Waals surface area contributed by atoms with Gasteiger partial charge in [0.1, 0.15) is 0 Å². The molecule has 0 aliphatic rings. The molecular formula is C13H15Cl4NO2. The Morgan fingerprint density at radius 2 is 1.85 bits per heavy atom. The fraction of sp³-hybridized carbons (Fsp3) is 0.462. The van der Waals surface area contributed by atoms with Crippen molar-refractivity contribution in [1.29, 1.82) is 0 Å². The number of rotatable bonds is 6. The molecule has 0 amide bonds. The van der Waals surface area contributed by atoms with Crippen molar-refractivity contribution in [3.8, 4) is 0 Å². The Labute approximate surface area is 137 Å². The van der Waals surface area contributed by atoms with Crippen molar-refractivity contribution < 1.29 is 9.90 Å². The predicted molar refractivity (Wildman–Crippen MR) is 84.3 cm³/mol. The lowest BCUT2D eigenvalue weighted by atomic mass is 9.87. The standard InChI is InChI=1S/C13H15Cl4NO2/c1-2-6(3-7(5-18)13(19)20)8-4-9(14)11(16)12(17)10(8)15/h4,6-7H,2-3,5,18H2,1H3,(H,19,20). The highest BCUT2D eigenvalue weighted by atomic mass is 35.5. The molecule has 0 heterocycles. The Hall–Kier alpha value is -0.190. The average molecular weight is 359 g/mol. The molecule has 20 heavy (non-hydrogen) atoms. The van der Waals surface area contributed by atoms with Gasteiger partial charge in [-0.3, -0.25) is 4.79 Å². The maximum atomic E-state index is 11.1. The molecule has 7 heteroatoms. The van der Waals surface area contributed by atoms with E-state index in [4.69, 9.17) is 57.2 Å². The van der Waals surface area contributed by atoms with Gasteiger partial charge >= 0.3 is 5.97 Å². The van der Waals surface area contributed by atoms with Gasteiger partial charge in [-0.25, -0.2) is 0 Å². The van der Waals surface area contributed by atoms with Crippen LogP contribution in [0.5, 0.6) is 0 Å². The van der Waals surface area contributed by atoms with Crippen LogP contribution in [0, 0.1) is 5.92 Å². The van der Waals surface area contributed by atoms with Crippen molar-refractivity contribution in [3.05, 3.63) is 31.7 Å². The number of hydrogen-bond acceptors (Lipinski definition) is 2. The molecule has 0 fully saturated rings. The summed E-state index contributed by atoms with van der Waals surface area (Å²) in [6.07, 6.45) is 1.06. The van der Waals surface area contributed by atoms with Crippen LogP contribution in [-0.4, -0.2) is 17.6 Å². The highest BCUT2D eigenvalue weighted by Crippen LogP contribution is 2.42. The highest BCUT2D eigenvalue weighted by molar-refractivity contribution is 6.52. The smallest absolute Gasteiger partial charge is 0.307 e. The first-order valence-electron chi connectivity index (χ1n) is 6.09. The van der Waals surface area contributed by atoms with Gasteiger partial charge in [0.25, 0.3) is 0 Å². The number of hydrogen-bond donors (Lipinski definition) is 2. The fourth-order valence-electron chi connectivity index (χ4n) is 2.04. The maximum Gasteiger partial charge on any atom is 0.307 e. The van der Waals surface area contributed by atoms with E-state index in [-0.39, 0.29) is 22.5 Å². The van der Waals surface area contributed by atoms with Crippen molar-refractivity contribution in [2.75, 3.05) is 6.54 Å². The minimum Gasteiger partial charge on any atom is -0.481 e. The van der Waals surface area contributed by atoms with Crippen molar-refractivity contribution in [2.24, 2.45) is 11.7 Å². The summed E-state index contributed by atoms with van der Waals surface area (Å²) in [6.45, 7) is 2.01. The normalized spacial score (nSPS) is 14.1. The minimum absolute atomic E-state index is 0.0680. The van der Waals surface area contributed by atoms with Gasteiger partial charge in [-0.05, 0) is 30.4 Å². The van der Waals surface area contributed by atoms with E-state index in [0.29, 0.717) is 28.5 Å². The van der Waals surface area contributed by atoms with E-state index in [1.165, 1.54) is 0 Å². The van der Waals surface area contributed by atoms with Crippen LogP contribution in [0.25, 0.3) is 0 Å². The van der Waals surface area contributed by atoms with Crippen LogP contribution in [-0.2, 0) is 4.79 Å². The van der Waals surface area contributed by atoms with Gasteiger partial charge in [0.2, 0.25) is 0 Å². The molecule has 0 aliphatic carbocycles. The van der Waals surface area contributed by atoms with E-state index in [1.54, 1.807) is 6.07 Å². The number of nitrogens with two attached hydrogens (primary N) is 1. The van der Waals surface area contributed by atoms with E-state index in [9.17, 15) is 4.79 Å². The van der Waals surface area contributed by atoms with Crippen LogP contribution in [0.2, 0.25) is 20.1 Å². The summed E-state index contributed by atoms with van der Waals surface area (Å²) in [5.41, 5.74) is 6.19. The third-order valence-electron chi connectivity index (χ3n) is 3.27. The summed E-state index contributed by atoms with van der Waals surface area (Å²) >= 11 is 24.2. The summed E-state index contributed by atoms with van der Waals surface area (Å²) in [7, 11) is 0. The zero-order chi connectivity index (χ0) is 15.4. The molecule has 0 bridgehead atoms. The Kier molecular flexibility index (Phi) is 6.89. The lowest BCUT2D eigenvalue weighted by Crippen LogP contribution is -2.25. The van der Waals surface area contributed by atoms with Crippen LogP contribution in [0.15, 0.2) is 6.07 Å². The summed E-state index contributed by atoms with van der Waals surface area (Å²) < 4.78 is 0. The Balaban J connectivity index is 3.16. The maximum absolute atomic E-state index is 11.1. The number of aliphatic carboxylic acids is 1. The average Bonchev–Trinajstić information content (AvgIpc) is 2.42. The monoisotopic (exact) mass is 357 g/mol. The van der Waals surface area contributed by atoms with E-state index < -0.39 is 11.9 Å². The SMILES string of the molecule is CCC(CC(CN)C(=O)O)c1cc(Cl)c(Cl)c(Cl)c1Cl. The zero-order valence-corrected chi connectivity index (χ0v) is 13.8. The van der Waals surface area contributed by atoms with Gasteiger partial charge in [-0.15, -0.1) is 0 Å². The first kappa shape index (κ1) is 17.9. The van der Waals surface area contributed by atoms with Crippen LogP contribution in [0.4, 0.5) is 0 Å². The van der Waals surface area contributed by atoms with Crippen LogP contribution >= 0.6 is 46.4 Å². The lowest BCUT2D eigenvalue weighted by molar-refractivity contribution is -0.141. The number of carboxylic acid groups (broad SMARTS) is 1. The van der Waals surface area contributed by atoms with Gasteiger partial charge in [-0.1, -0.05) is 53.3 Å². The van der Waals surface area contributed by atoms with E-state index >= 15 is 0 Å². The Morgan fingerprint density at radius 3 is 2.30 bits per heavy atom. The molecule has 1 rings (SSSR count). The van der Waals surface area contributed by atoms with E-state index in [1.807, 2.05) is 6.92 Å². The minimum atomic E-state index is -0.923. The fourth-order valence-corrected chi connectivity index (χ4v) is 3.02. The molecule has 0 radical (unpaired) electrons. The molecule has 0 saturated heterocycles. The number of carbonyl (C=O) groups is 1. The first-order chi connectivity index (χ1) is 9.33. The Bertz CT molecular complexity index is 508. The third-order valence-corrected chi connectivity index (χ3v) is 5.03. The van der Waals surface area contributed by atoms with Crippen LogP contribution < -0.4 is 5.73 Å². The van der Waals surface area contributed by atoms with Gasteiger partial charge in [-0.2, -0.15) is 0 Å². The molecule has 112 valence electrons. The van der Waals surface area contributed by atoms with Crippen molar-refractivity contribution in [3.63, 3.8) is 0 Å². The number of benzene rings is 1. The third kappa shape index (κ3) is 3.92. The van der Waals surface area contributed by atoms with Crippen molar-refractivity contribution in [2.45, 2.75) is 25.7 Å². The molecule has 2 atom stereocenters. The number of carboxylic acids is 1. The van der Waals surface area contributed by atoms with E-state index in [2.05, 4.69) is 0 Å². The summed E-state index contributed by atoms with van der Waals surface area (Å²) in [4.78, 5) is 11.1. The molecular weight excluding hydrogens is 344 g/mol. The molecule has 0 saturated carbocycles. The van der Waals surface area contributed by atoms with Gasteiger partial charge < -0.3 is 10.8 Å². The lowest BCUT2D eigenvalue weighted by Gasteiger charge is -2.21. The summed E-state index contributed by atoms with van der Waals surface area (Å²) in [6, 6.07) is 1.64.